The highest BCUT2D eigenvalue weighted by atomic mass is 16.5. The van der Waals surface area contributed by atoms with Crippen LogP contribution < -0.4 is 10.1 Å². The van der Waals surface area contributed by atoms with Crippen molar-refractivity contribution in [3.63, 3.8) is 0 Å². The van der Waals surface area contributed by atoms with Crippen LogP contribution in [0.1, 0.15) is 43.7 Å². The standard InChI is InChI=1S/C16H27NO/c1-4-5-8-17-9-6-7-10-18-16-12-14(2)11-15(3)13-16/h11-13,17H,4-10H2,1-3H3. The van der Waals surface area contributed by atoms with Gasteiger partial charge in [0, 0.05) is 0 Å². The molecule has 2 heteroatoms. The van der Waals surface area contributed by atoms with E-state index in [0.29, 0.717) is 0 Å². The SMILES string of the molecule is CCCCNCCCCOc1cc(C)cc(C)c1. The third kappa shape index (κ3) is 6.65. The van der Waals surface area contributed by atoms with Gasteiger partial charge in [-0.05, 0) is 69.5 Å². The molecule has 2 nitrogen and oxygen atoms in total. The van der Waals surface area contributed by atoms with Crippen molar-refractivity contribution in [1.82, 2.24) is 5.32 Å². The van der Waals surface area contributed by atoms with Crippen molar-refractivity contribution >= 4 is 0 Å². The molecule has 0 spiro atoms. The van der Waals surface area contributed by atoms with E-state index >= 15 is 0 Å². The normalized spacial score (nSPS) is 10.6. The molecule has 0 aliphatic heterocycles. The first kappa shape index (κ1) is 15.0. The average Bonchev–Trinajstić information content (AvgIpc) is 2.31. The zero-order chi connectivity index (χ0) is 13.2. The van der Waals surface area contributed by atoms with Crippen molar-refractivity contribution in [1.29, 1.82) is 0 Å². The Hall–Kier alpha value is -1.02. The summed E-state index contributed by atoms with van der Waals surface area (Å²) in [6, 6.07) is 6.38. The van der Waals surface area contributed by atoms with Crippen molar-refractivity contribution in [2.45, 2.75) is 46.5 Å². The van der Waals surface area contributed by atoms with E-state index in [2.05, 4.69) is 44.3 Å². The van der Waals surface area contributed by atoms with Gasteiger partial charge in [-0.2, -0.15) is 0 Å². The molecule has 0 saturated heterocycles. The second-order valence-electron chi connectivity index (χ2n) is 4.98. The summed E-state index contributed by atoms with van der Waals surface area (Å²) in [6.45, 7) is 9.51. The number of hydrogen-bond donors (Lipinski definition) is 1. The van der Waals surface area contributed by atoms with E-state index in [1.807, 2.05) is 0 Å². The van der Waals surface area contributed by atoms with E-state index in [-0.39, 0.29) is 0 Å². The van der Waals surface area contributed by atoms with Gasteiger partial charge in [0.05, 0.1) is 6.61 Å². The molecule has 0 amide bonds. The van der Waals surface area contributed by atoms with Crippen molar-refractivity contribution in [2.24, 2.45) is 0 Å². The Bertz CT molecular complexity index is 316. The summed E-state index contributed by atoms with van der Waals surface area (Å²) in [5.74, 6) is 1.01. The molecule has 102 valence electrons. The zero-order valence-electron chi connectivity index (χ0n) is 12.1. The minimum Gasteiger partial charge on any atom is -0.494 e. The third-order valence-corrected chi connectivity index (χ3v) is 2.92. The Morgan fingerprint density at radius 1 is 0.944 bits per heavy atom. The molecule has 0 unspecified atom stereocenters. The fraction of sp³-hybridized carbons (Fsp3) is 0.625. The van der Waals surface area contributed by atoms with Gasteiger partial charge in [0.25, 0.3) is 0 Å². The first-order valence-electron chi connectivity index (χ1n) is 7.14. The van der Waals surface area contributed by atoms with Gasteiger partial charge in [-0.25, -0.2) is 0 Å². The van der Waals surface area contributed by atoms with Crippen LogP contribution in [0, 0.1) is 13.8 Å². The smallest absolute Gasteiger partial charge is 0.119 e. The van der Waals surface area contributed by atoms with Crippen molar-refractivity contribution in [3.05, 3.63) is 29.3 Å². The van der Waals surface area contributed by atoms with Crippen LogP contribution in [0.5, 0.6) is 5.75 Å². The molecular formula is C16H27NO. The highest BCUT2D eigenvalue weighted by molar-refractivity contribution is 5.32. The number of hydrogen-bond acceptors (Lipinski definition) is 2. The Kier molecular flexibility index (Phi) is 7.51. The molecule has 0 radical (unpaired) electrons. The summed E-state index contributed by atoms with van der Waals surface area (Å²) in [5.41, 5.74) is 2.54. The molecule has 1 aromatic rings. The summed E-state index contributed by atoms with van der Waals surface area (Å²) >= 11 is 0. The van der Waals surface area contributed by atoms with Gasteiger partial charge >= 0.3 is 0 Å². The van der Waals surface area contributed by atoms with E-state index in [9.17, 15) is 0 Å². The highest BCUT2D eigenvalue weighted by Crippen LogP contribution is 2.16. The lowest BCUT2D eigenvalue weighted by molar-refractivity contribution is 0.305. The Morgan fingerprint density at radius 2 is 1.61 bits per heavy atom. The van der Waals surface area contributed by atoms with Crippen LogP contribution in [-0.4, -0.2) is 19.7 Å². The lowest BCUT2D eigenvalue weighted by Gasteiger charge is -2.08. The zero-order valence-corrected chi connectivity index (χ0v) is 12.1. The molecule has 0 heterocycles. The molecule has 0 atom stereocenters. The van der Waals surface area contributed by atoms with Crippen LogP contribution in [0.3, 0.4) is 0 Å². The van der Waals surface area contributed by atoms with E-state index in [4.69, 9.17) is 4.74 Å². The molecule has 0 fully saturated rings. The lowest BCUT2D eigenvalue weighted by atomic mass is 10.1. The van der Waals surface area contributed by atoms with Crippen molar-refractivity contribution < 1.29 is 4.74 Å². The Balaban J connectivity index is 2.07. The van der Waals surface area contributed by atoms with Gasteiger partial charge in [0.15, 0.2) is 0 Å². The first-order valence-corrected chi connectivity index (χ1v) is 7.14. The van der Waals surface area contributed by atoms with Crippen LogP contribution in [0.4, 0.5) is 0 Å². The molecule has 0 aromatic heterocycles. The predicted octanol–water partition coefficient (Wildman–Crippen LogP) is 3.85. The second-order valence-corrected chi connectivity index (χ2v) is 4.98. The highest BCUT2D eigenvalue weighted by Gasteiger charge is 1.96. The van der Waals surface area contributed by atoms with Gasteiger partial charge in [0.1, 0.15) is 5.75 Å². The van der Waals surface area contributed by atoms with E-state index in [1.54, 1.807) is 0 Å². The fourth-order valence-corrected chi connectivity index (χ4v) is 1.99. The first-order chi connectivity index (χ1) is 8.72. The summed E-state index contributed by atoms with van der Waals surface area (Å²) in [7, 11) is 0. The summed E-state index contributed by atoms with van der Waals surface area (Å²) in [4.78, 5) is 0. The maximum atomic E-state index is 5.77. The van der Waals surface area contributed by atoms with Gasteiger partial charge in [-0.3, -0.25) is 0 Å². The Morgan fingerprint density at radius 3 is 2.28 bits per heavy atom. The van der Waals surface area contributed by atoms with E-state index in [1.165, 1.54) is 30.4 Å². The second kappa shape index (κ2) is 8.98. The number of aryl methyl sites for hydroxylation is 2. The van der Waals surface area contributed by atoms with Crippen LogP contribution in [0.25, 0.3) is 0 Å². The van der Waals surface area contributed by atoms with E-state index in [0.717, 1.165) is 31.9 Å². The van der Waals surface area contributed by atoms with Crippen LogP contribution >= 0.6 is 0 Å². The van der Waals surface area contributed by atoms with Crippen molar-refractivity contribution in [2.75, 3.05) is 19.7 Å². The average molecular weight is 249 g/mol. The predicted molar refractivity (Wildman–Crippen MR) is 78.4 cm³/mol. The maximum Gasteiger partial charge on any atom is 0.119 e. The molecule has 18 heavy (non-hydrogen) atoms. The topological polar surface area (TPSA) is 21.3 Å². The molecule has 0 aliphatic carbocycles. The van der Waals surface area contributed by atoms with Crippen LogP contribution in [-0.2, 0) is 0 Å². The number of benzene rings is 1. The van der Waals surface area contributed by atoms with Crippen LogP contribution in [0.2, 0.25) is 0 Å². The number of nitrogens with one attached hydrogen (secondary N) is 1. The number of ether oxygens (including phenoxy) is 1. The van der Waals surface area contributed by atoms with Crippen molar-refractivity contribution in [3.8, 4) is 5.75 Å². The molecule has 1 aromatic carbocycles. The quantitative estimate of drug-likeness (QED) is 0.671. The third-order valence-electron chi connectivity index (χ3n) is 2.92. The summed E-state index contributed by atoms with van der Waals surface area (Å²) in [5, 5.41) is 3.45. The molecular weight excluding hydrogens is 222 g/mol. The van der Waals surface area contributed by atoms with Gasteiger partial charge in [-0.1, -0.05) is 19.4 Å². The lowest BCUT2D eigenvalue weighted by Crippen LogP contribution is -2.17. The number of rotatable bonds is 9. The summed E-state index contributed by atoms with van der Waals surface area (Å²) < 4.78 is 5.77. The summed E-state index contributed by atoms with van der Waals surface area (Å²) in [6.07, 6.45) is 4.85. The minimum atomic E-state index is 0.818. The molecule has 1 N–H and O–H groups in total. The monoisotopic (exact) mass is 249 g/mol. The van der Waals surface area contributed by atoms with Gasteiger partial charge in [-0.15, -0.1) is 0 Å². The van der Waals surface area contributed by atoms with Crippen LogP contribution in [0.15, 0.2) is 18.2 Å². The molecule has 0 saturated carbocycles. The number of unbranched alkanes of at least 4 members (excludes halogenated alkanes) is 2. The molecule has 1 rings (SSSR count). The molecule has 0 aliphatic rings. The van der Waals surface area contributed by atoms with E-state index < -0.39 is 0 Å². The minimum absolute atomic E-state index is 0.818. The largest absolute Gasteiger partial charge is 0.494 e. The fourth-order valence-electron chi connectivity index (χ4n) is 1.99. The Labute approximate surface area is 112 Å². The molecule has 0 bridgehead atoms. The van der Waals surface area contributed by atoms with Gasteiger partial charge in [0.2, 0.25) is 0 Å². The maximum absolute atomic E-state index is 5.77. The van der Waals surface area contributed by atoms with Gasteiger partial charge < -0.3 is 10.1 Å².